The first-order valence-corrected chi connectivity index (χ1v) is 10.7. The number of hydrogen-bond donors (Lipinski definition) is 2. The van der Waals surface area contributed by atoms with Crippen LogP contribution in [0.2, 0.25) is 0 Å². The average molecular weight is 480 g/mol. The van der Waals surface area contributed by atoms with E-state index in [1.165, 1.54) is 34.1 Å². The number of carbonyl (C=O) groups excluding carboxylic acids is 1. The number of hydrogen-bond acceptors (Lipinski definition) is 7. The van der Waals surface area contributed by atoms with Crippen molar-refractivity contribution in [1.82, 2.24) is 28.2 Å². The lowest BCUT2D eigenvalue weighted by Gasteiger charge is -2.23. The summed E-state index contributed by atoms with van der Waals surface area (Å²) in [7, 11) is 2.80. The zero-order chi connectivity index (χ0) is 25.4. The maximum absolute atomic E-state index is 13.3. The first-order valence-electron chi connectivity index (χ1n) is 10.7. The molecular formula is C22H24N8O5. The Morgan fingerprint density at radius 3 is 2.43 bits per heavy atom. The lowest BCUT2D eigenvalue weighted by molar-refractivity contribution is -0.119. The van der Waals surface area contributed by atoms with Crippen molar-refractivity contribution < 1.29 is 4.79 Å². The van der Waals surface area contributed by atoms with Crippen LogP contribution in [0.3, 0.4) is 0 Å². The lowest BCUT2D eigenvalue weighted by Crippen LogP contribution is -2.42. The molecular weight excluding hydrogens is 456 g/mol. The van der Waals surface area contributed by atoms with Crippen LogP contribution >= 0.6 is 0 Å². The van der Waals surface area contributed by atoms with E-state index in [2.05, 4.69) is 9.97 Å². The molecule has 0 spiro atoms. The molecule has 13 heteroatoms. The highest BCUT2D eigenvalue weighted by Gasteiger charge is 2.25. The normalized spacial score (nSPS) is 11.2. The van der Waals surface area contributed by atoms with E-state index in [1.54, 1.807) is 31.2 Å². The molecule has 13 nitrogen and oxygen atoms in total. The molecule has 1 aromatic carbocycles. The van der Waals surface area contributed by atoms with Crippen molar-refractivity contribution in [3.63, 3.8) is 0 Å². The number of H-pyrrole nitrogens is 1. The van der Waals surface area contributed by atoms with Gasteiger partial charge >= 0.3 is 11.4 Å². The minimum Gasteiger partial charge on any atom is -0.383 e. The van der Waals surface area contributed by atoms with Crippen LogP contribution in [0.4, 0.5) is 11.5 Å². The number of aryl methyl sites for hydroxylation is 1. The molecule has 0 aliphatic heterocycles. The number of benzene rings is 1. The van der Waals surface area contributed by atoms with Crippen molar-refractivity contribution in [2.75, 3.05) is 17.2 Å². The van der Waals surface area contributed by atoms with Crippen LogP contribution in [-0.2, 0) is 32.0 Å². The van der Waals surface area contributed by atoms with Gasteiger partial charge in [-0.3, -0.25) is 33.1 Å². The number of carbonyl (C=O) groups is 1. The van der Waals surface area contributed by atoms with E-state index in [0.717, 1.165) is 15.0 Å². The first-order chi connectivity index (χ1) is 16.6. The zero-order valence-corrected chi connectivity index (χ0v) is 19.4. The highest BCUT2D eigenvalue weighted by molar-refractivity contribution is 5.96. The summed E-state index contributed by atoms with van der Waals surface area (Å²) < 4.78 is 4.62. The van der Waals surface area contributed by atoms with Crippen molar-refractivity contribution in [2.45, 2.75) is 20.0 Å². The van der Waals surface area contributed by atoms with Crippen molar-refractivity contribution in [2.24, 2.45) is 14.1 Å². The fraction of sp³-hybridized carbons (Fsp3) is 0.273. The molecule has 35 heavy (non-hydrogen) atoms. The monoisotopic (exact) mass is 480 g/mol. The quantitative estimate of drug-likeness (QED) is 0.356. The Morgan fingerprint density at radius 1 is 1.09 bits per heavy atom. The molecule has 0 radical (unpaired) electrons. The Balaban J connectivity index is 1.76. The third kappa shape index (κ3) is 3.96. The molecule has 0 fully saturated rings. The summed E-state index contributed by atoms with van der Waals surface area (Å²) >= 11 is 0. The molecule has 0 aliphatic carbocycles. The molecule has 1 amide bonds. The largest absolute Gasteiger partial charge is 0.383 e. The van der Waals surface area contributed by atoms with Crippen molar-refractivity contribution in [3.8, 4) is 0 Å². The van der Waals surface area contributed by atoms with Crippen LogP contribution in [0.5, 0.6) is 0 Å². The van der Waals surface area contributed by atoms with E-state index in [4.69, 9.17) is 5.73 Å². The summed E-state index contributed by atoms with van der Waals surface area (Å²) in [5.41, 5.74) is 4.37. The van der Waals surface area contributed by atoms with Crippen LogP contribution in [0, 0.1) is 0 Å². The van der Waals surface area contributed by atoms with Gasteiger partial charge in [-0.2, -0.15) is 0 Å². The van der Waals surface area contributed by atoms with Crippen LogP contribution in [0.25, 0.3) is 11.2 Å². The first kappa shape index (κ1) is 23.5. The van der Waals surface area contributed by atoms with Gasteiger partial charge < -0.3 is 15.2 Å². The number of nitrogens with one attached hydrogen (secondary N) is 1. The standard InChI is InChI=1S/C22H24N8O5/c1-4-29(14(31)11-28-12-24-18-16(28)20(33)27(3)22(35)26(18)2)15-17(23)30(21(34)25-19(15)32)10-13-8-6-5-7-9-13/h5-9,12H,4,10-11,23H2,1-3H3,(H,25,32,34). The van der Waals surface area contributed by atoms with Crippen molar-refractivity contribution in [1.29, 1.82) is 0 Å². The van der Waals surface area contributed by atoms with E-state index in [-0.39, 0.29) is 42.3 Å². The number of fused-ring (bicyclic) bond motifs is 1. The molecule has 3 aromatic heterocycles. The average Bonchev–Trinajstić information content (AvgIpc) is 3.25. The SMILES string of the molecule is CCN(C(=O)Cn1cnc2c1c(=O)n(C)c(=O)n2C)c1c(N)n(Cc2ccccc2)c(=O)[nH]c1=O. The maximum Gasteiger partial charge on any atom is 0.332 e. The van der Waals surface area contributed by atoms with Crippen LogP contribution in [-0.4, -0.2) is 40.7 Å². The van der Waals surface area contributed by atoms with E-state index in [1.807, 2.05) is 6.07 Å². The maximum atomic E-state index is 13.3. The number of amides is 1. The predicted molar refractivity (Wildman–Crippen MR) is 130 cm³/mol. The molecule has 0 saturated heterocycles. The second-order valence-corrected chi connectivity index (χ2v) is 7.95. The van der Waals surface area contributed by atoms with Gasteiger partial charge in [-0.05, 0) is 12.5 Å². The Kier molecular flexibility index (Phi) is 5.99. The second-order valence-electron chi connectivity index (χ2n) is 7.95. The van der Waals surface area contributed by atoms with Gasteiger partial charge in [0.1, 0.15) is 12.4 Å². The summed E-state index contributed by atoms with van der Waals surface area (Å²) in [5.74, 6) is -0.726. The van der Waals surface area contributed by atoms with Gasteiger partial charge in [0.05, 0.1) is 12.9 Å². The van der Waals surface area contributed by atoms with Crippen LogP contribution in [0.15, 0.2) is 55.8 Å². The summed E-state index contributed by atoms with van der Waals surface area (Å²) in [5, 5.41) is 0. The lowest BCUT2D eigenvalue weighted by atomic mass is 10.2. The predicted octanol–water partition coefficient (Wildman–Crippen LogP) is -1.03. The minimum absolute atomic E-state index is 0.0648. The summed E-state index contributed by atoms with van der Waals surface area (Å²) in [4.78, 5) is 70.8. The molecule has 3 heterocycles. The van der Waals surface area contributed by atoms with Gasteiger partial charge in [0, 0.05) is 20.6 Å². The molecule has 0 unspecified atom stereocenters. The van der Waals surface area contributed by atoms with E-state index >= 15 is 0 Å². The molecule has 0 atom stereocenters. The summed E-state index contributed by atoms with van der Waals surface area (Å²) in [6.45, 7) is 1.46. The molecule has 182 valence electrons. The van der Waals surface area contributed by atoms with E-state index in [0.29, 0.717) is 0 Å². The number of nitrogens with two attached hydrogens (primary N) is 1. The fourth-order valence-electron chi connectivity index (χ4n) is 3.97. The number of imidazole rings is 1. The third-order valence-corrected chi connectivity index (χ3v) is 5.81. The van der Waals surface area contributed by atoms with Gasteiger partial charge in [-0.15, -0.1) is 0 Å². The molecule has 0 saturated carbocycles. The number of aromatic amines is 1. The Hall–Kier alpha value is -4.68. The number of likely N-dealkylation sites (N-methyl/N-ethyl adjacent to an activating group) is 1. The van der Waals surface area contributed by atoms with Gasteiger partial charge in [0.15, 0.2) is 16.9 Å². The second kappa shape index (κ2) is 8.93. The third-order valence-electron chi connectivity index (χ3n) is 5.81. The van der Waals surface area contributed by atoms with Gasteiger partial charge in [0.2, 0.25) is 5.91 Å². The molecule has 3 N–H and O–H groups in total. The molecule has 4 aromatic rings. The molecule has 0 bridgehead atoms. The van der Waals surface area contributed by atoms with Gasteiger partial charge in [0.25, 0.3) is 11.1 Å². The van der Waals surface area contributed by atoms with E-state index < -0.39 is 28.4 Å². The fourth-order valence-corrected chi connectivity index (χ4v) is 3.97. The topological polar surface area (TPSA) is 163 Å². The Labute approximate surface area is 197 Å². The van der Waals surface area contributed by atoms with E-state index in [9.17, 15) is 24.0 Å². The smallest absolute Gasteiger partial charge is 0.332 e. The summed E-state index contributed by atoms with van der Waals surface area (Å²) in [6.07, 6.45) is 1.28. The zero-order valence-electron chi connectivity index (χ0n) is 19.4. The molecule has 0 aliphatic rings. The van der Waals surface area contributed by atoms with Crippen molar-refractivity contribution in [3.05, 3.63) is 83.9 Å². The number of aromatic nitrogens is 6. The van der Waals surface area contributed by atoms with Gasteiger partial charge in [-0.25, -0.2) is 14.6 Å². The highest BCUT2D eigenvalue weighted by atomic mass is 16.2. The highest BCUT2D eigenvalue weighted by Crippen LogP contribution is 2.18. The van der Waals surface area contributed by atoms with Gasteiger partial charge in [-0.1, -0.05) is 30.3 Å². The summed E-state index contributed by atoms with van der Waals surface area (Å²) in [6, 6.07) is 9.05. The van der Waals surface area contributed by atoms with Crippen LogP contribution in [0.1, 0.15) is 12.5 Å². The van der Waals surface area contributed by atoms with Crippen LogP contribution < -0.4 is 33.1 Å². The number of rotatable bonds is 6. The number of nitrogen functional groups attached to an aromatic ring is 1. The number of anilines is 2. The Bertz CT molecular complexity index is 1670. The molecule has 4 rings (SSSR count). The van der Waals surface area contributed by atoms with Crippen molar-refractivity contribution >= 4 is 28.6 Å². The number of nitrogens with zero attached hydrogens (tertiary/aromatic N) is 6. The Morgan fingerprint density at radius 2 is 1.77 bits per heavy atom. The minimum atomic E-state index is -0.805.